The molecule has 0 radical (unpaired) electrons. The first kappa shape index (κ1) is 22.0. The van der Waals surface area contributed by atoms with Gasteiger partial charge in [0.25, 0.3) is 0 Å². The molecule has 30 heavy (non-hydrogen) atoms. The fourth-order valence-electron chi connectivity index (χ4n) is 4.49. The highest BCUT2D eigenvalue weighted by molar-refractivity contribution is 5.79. The first-order valence-electron chi connectivity index (χ1n) is 10.6. The van der Waals surface area contributed by atoms with Gasteiger partial charge >= 0.3 is 0 Å². The van der Waals surface area contributed by atoms with Crippen LogP contribution in [0.1, 0.15) is 55.1 Å². The second-order valence-electron chi connectivity index (χ2n) is 8.46. The first-order valence-corrected chi connectivity index (χ1v) is 10.6. The second kappa shape index (κ2) is 9.43. The van der Waals surface area contributed by atoms with Crippen molar-refractivity contribution in [1.29, 1.82) is 0 Å². The molecule has 1 aromatic heterocycles. The van der Waals surface area contributed by atoms with Gasteiger partial charge in [-0.2, -0.15) is 5.10 Å². The van der Waals surface area contributed by atoms with E-state index in [4.69, 9.17) is 0 Å². The van der Waals surface area contributed by atoms with Crippen molar-refractivity contribution in [2.24, 2.45) is 0 Å². The number of rotatable bonds is 6. The molecule has 1 saturated carbocycles. The number of H-pyrrole nitrogens is 1. The summed E-state index contributed by atoms with van der Waals surface area (Å²) in [5.74, 6) is -0.175. The molecule has 1 aliphatic rings. The molecule has 162 valence electrons. The van der Waals surface area contributed by atoms with Crippen LogP contribution in [-0.4, -0.2) is 45.8 Å². The average molecular weight is 413 g/mol. The van der Waals surface area contributed by atoms with E-state index in [1.165, 1.54) is 6.92 Å². The summed E-state index contributed by atoms with van der Waals surface area (Å²) in [6, 6.07) is 9.89. The van der Waals surface area contributed by atoms with Gasteiger partial charge in [-0.05, 0) is 45.1 Å². The number of carbonyl (C=O) groups is 2. The molecule has 0 aliphatic heterocycles. The van der Waals surface area contributed by atoms with Gasteiger partial charge in [-0.3, -0.25) is 14.7 Å². The molecule has 0 bridgehead atoms. The maximum absolute atomic E-state index is 12.7. The van der Waals surface area contributed by atoms with Crippen molar-refractivity contribution in [2.45, 2.75) is 70.4 Å². The Morgan fingerprint density at radius 3 is 2.53 bits per heavy atom. The molecular weight excluding hydrogens is 380 g/mol. The Morgan fingerprint density at radius 1 is 1.20 bits per heavy atom. The summed E-state index contributed by atoms with van der Waals surface area (Å²) in [6.45, 7) is 5.78. The molecule has 3 atom stereocenters. The van der Waals surface area contributed by atoms with Gasteiger partial charge in [0.2, 0.25) is 11.8 Å². The lowest BCUT2D eigenvalue weighted by Gasteiger charge is -2.34. The van der Waals surface area contributed by atoms with Crippen LogP contribution in [0.5, 0.6) is 0 Å². The monoisotopic (exact) mass is 412 g/mol. The van der Waals surface area contributed by atoms with Crippen LogP contribution >= 0.6 is 0 Å². The van der Waals surface area contributed by atoms with E-state index in [2.05, 4.69) is 33.0 Å². The fraction of sp³-hybridized carbons (Fsp3) is 0.522. The summed E-state index contributed by atoms with van der Waals surface area (Å²) in [4.78, 5) is 24.3. The van der Waals surface area contributed by atoms with Gasteiger partial charge in [-0.25, -0.2) is 0 Å². The summed E-state index contributed by atoms with van der Waals surface area (Å²) in [5, 5.41) is 23.7. The van der Waals surface area contributed by atoms with Crippen LogP contribution in [0.2, 0.25) is 0 Å². The lowest BCUT2D eigenvalue weighted by atomic mass is 9.74. The smallest absolute Gasteiger partial charge is 0.224 e. The van der Waals surface area contributed by atoms with Gasteiger partial charge in [-0.15, -0.1) is 0 Å². The molecule has 7 nitrogen and oxygen atoms in total. The quantitative estimate of drug-likeness (QED) is 0.545. The predicted octanol–water partition coefficient (Wildman–Crippen LogP) is 2.06. The predicted molar refractivity (Wildman–Crippen MR) is 115 cm³/mol. The van der Waals surface area contributed by atoms with Crippen LogP contribution in [0, 0.1) is 13.8 Å². The van der Waals surface area contributed by atoms with Crippen LogP contribution in [0.4, 0.5) is 0 Å². The number of aromatic nitrogens is 2. The number of carbonyl (C=O) groups excluding carboxylic acids is 2. The molecule has 1 fully saturated rings. The number of aliphatic hydroxyl groups is 1. The number of aromatic amines is 1. The largest absolute Gasteiger partial charge is 0.391 e. The Balaban J connectivity index is 1.76. The minimum Gasteiger partial charge on any atom is -0.391 e. The van der Waals surface area contributed by atoms with E-state index in [0.29, 0.717) is 19.4 Å². The van der Waals surface area contributed by atoms with E-state index in [-0.39, 0.29) is 29.7 Å². The zero-order valence-corrected chi connectivity index (χ0v) is 18.0. The molecule has 1 aromatic carbocycles. The molecule has 0 spiro atoms. The maximum atomic E-state index is 12.7. The standard InChI is InChI=1S/C23H32N4O3/c1-15-19(16(2)27-26-15)13-22(30)24-14-23(18-7-5-4-6-8-18)11-9-20(25-17(3)28)21(29)10-12-23/h4-8,20-21,29H,9-14H2,1-3H3,(H,24,30)(H,25,28)(H,26,27)/t20-,21-,23-/m0/s1. The summed E-state index contributed by atoms with van der Waals surface area (Å²) in [5.41, 5.74) is 3.55. The molecule has 2 aromatic rings. The highest BCUT2D eigenvalue weighted by Crippen LogP contribution is 2.38. The van der Waals surface area contributed by atoms with Crippen molar-refractivity contribution in [3.63, 3.8) is 0 Å². The van der Waals surface area contributed by atoms with Gasteiger partial charge in [0, 0.05) is 30.1 Å². The van der Waals surface area contributed by atoms with Crippen LogP contribution in [0.15, 0.2) is 30.3 Å². The third kappa shape index (κ3) is 5.08. The third-order valence-corrected chi connectivity index (χ3v) is 6.33. The van der Waals surface area contributed by atoms with E-state index in [9.17, 15) is 14.7 Å². The summed E-state index contributed by atoms with van der Waals surface area (Å²) in [7, 11) is 0. The van der Waals surface area contributed by atoms with Crippen molar-refractivity contribution < 1.29 is 14.7 Å². The van der Waals surface area contributed by atoms with Crippen molar-refractivity contribution in [1.82, 2.24) is 20.8 Å². The van der Waals surface area contributed by atoms with Crippen LogP contribution < -0.4 is 10.6 Å². The lowest BCUT2D eigenvalue weighted by molar-refractivity contribution is -0.121. The number of amides is 2. The topological polar surface area (TPSA) is 107 Å². The number of benzene rings is 1. The van der Waals surface area contributed by atoms with Crippen molar-refractivity contribution in [3.05, 3.63) is 52.8 Å². The van der Waals surface area contributed by atoms with Crippen molar-refractivity contribution >= 4 is 11.8 Å². The van der Waals surface area contributed by atoms with E-state index in [0.717, 1.165) is 35.4 Å². The van der Waals surface area contributed by atoms with Crippen LogP contribution in [-0.2, 0) is 21.4 Å². The van der Waals surface area contributed by atoms with E-state index >= 15 is 0 Å². The van der Waals surface area contributed by atoms with Crippen LogP contribution in [0.25, 0.3) is 0 Å². The Morgan fingerprint density at radius 2 is 1.90 bits per heavy atom. The van der Waals surface area contributed by atoms with Crippen molar-refractivity contribution in [2.75, 3.05) is 6.54 Å². The second-order valence-corrected chi connectivity index (χ2v) is 8.46. The molecule has 2 amide bonds. The molecule has 0 saturated heterocycles. The Hall–Kier alpha value is -2.67. The molecule has 0 unspecified atom stereocenters. The van der Waals surface area contributed by atoms with E-state index < -0.39 is 6.10 Å². The molecular formula is C23H32N4O3. The molecule has 4 N–H and O–H groups in total. The Kier molecular flexibility index (Phi) is 6.92. The summed E-state index contributed by atoms with van der Waals surface area (Å²) < 4.78 is 0. The minimum atomic E-state index is -0.591. The van der Waals surface area contributed by atoms with E-state index in [1.54, 1.807) is 0 Å². The zero-order chi connectivity index (χ0) is 21.7. The number of aliphatic hydroxyl groups excluding tert-OH is 1. The Bertz CT molecular complexity index is 860. The number of hydrogen-bond acceptors (Lipinski definition) is 4. The summed E-state index contributed by atoms with van der Waals surface area (Å²) in [6.07, 6.45) is 2.42. The zero-order valence-electron chi connectivity index (χ0n) is 18.0. The Labute approximate surface area is 177 Å². The lowest BCUT2D eigenvalue weighted by Crippen LogP contribution is -2.42. The number of nitrogens with one attached hydrogen (secondary N) is 3. The third-order valence-electron chi connectivity index (χ3n) is 6.33. The number of nitrogens with zero attached hydrogens (tertiary/aromatic N) is 1. The van der Waals surface area contributed by atoms with Gasteiger partial charge in [0.05, 0.1) is 24.3 Å². The molecule has 7 heteroatoms. The highest BCUT2D eigenvalue weighted by Gasteiger charge is 2.38. The van der Waals surface area contributed by atoms with Gasteiger partial charge in [0.15, 0.2) is 0 Å². The summed E-state index contributed by atoms with van der Waals surface area (Å²) >= 11 is 0. The molecule has 3 rings (SSSR count). The molecule has 1 heterocycles. The van der Waals surface area contributed by atoms with Gasteiger partial charge in [-0.1, -0.05) is 30.3 Å². The minimum absolute atomic E-state index is 0.0406. The molecule has 1 aliphatic carbocycles. The SMILES string of the molecule is CC(=O)N[C@H]1CC[C@](CNC(=O)Cc2c(C)n[nH]c2C)(c2ccccc2)CC[C@@H]1O. The van der Waals surface area contributed by atoms with Crippen LogP contribution in [0.3, 0.4) is 0 Å². The number of aryl methyl sites for hydroxylation is 2. The fourth-order valence-corrected chi connectivity index (χ4v) is 4.49. The average Bonchev–Trinajstić information content (AvgIpc) is 2.95. The van der Waals surface area contributed by atoms with Gasteiger partial charge in [0.1, 0.15) is 0 Å². The first-order chi connectivity index (χ1) is 14.3. The normalized spacial score (nSPS) is 24.1. The maximum Gasteiger partial charge on any atom is 0.224 e. The van der Waals surface area contributed by atoms with Crippen molar-refractivity contribution in [3.8, 4) is 0 Å². The van der Waals surface area contributed by atoms with Gasteiger partial charge < -0.3 is 15.7 Å². The van der Waals surface area contributed by atoms with E-state index in [1.807, 2.05) is 32.0 Å². The highest BCUT2D eigenvalue weighted by atomic mass is 16.3. The number of hydrogen-bond donors (Lipinski definition) is 4.